The van der Waals surface area contributed by atoms with Gasteiger partial charge in [-0.25, -0.2) is 4.79 Å². The van der Waals surface area contributed by atoms with E-state index in [1.165, 1.54) is 6.92 Å². The number of esters is 1. The predicted molar refractivity (Wildman–Crippen MR) is 92.1 cm³/mol. The fraction of sp³-hybridized carbons (Fsp3) is 0.556. The van der Waals surface area contributed by atoms with Crippen molar-refractivity contribution < 1.29 is 28.9 Å². The van der Waals surface area contributed by atoms with Gasteiger partial charge in [-0.05, 0) is 38.5 Å². The maximum Gasteiger partial charge on any atom is 0.331 e. The number of hydrogen-bond donors (Lipinski definition) is 2. The van der Waals surface area contributed by atoms with Crippen LogP contribution in [0, 0.1) is 0 Å². The minimum absolute atomic E-state index is 0.0196. The molecule has 0 saturated carbocycles. The summed E-state index contributed by atoms with van der Waals surface area (Å²) >= 11 is 0. The van der Waals surface area contributed by atoms with Crippen molar-refractivity contribution in [2.24, 2.45) is 0 Å². The number of methoxy groups -OCH3 is 1. The molecule has 7 heteroatoms. The highest BCUT2D eigenvalue weighted by atomic mass is 16.5. The molecule has 0 bridgehead atoms. The number of carbonyl (C=O) groups excluding carboxylic acids is 2. The van der Waals surface area contributed by atoms with E-state index >= 15 is 0 Å². The summed E-state index contributed by atoms with van der Waals surface area (Å²) in [6.45, 7) is 6.66. The van der Waals surface area contributed by atoms with Crippen molar-refractivity contribution in [3.8, 4) is 5.75 Å². The molecule has 1 rings (SSSR count). The first-order valence-electron chi connectivity index (χ1n) is 8.01. The van der Waals surface area contributed by atoms with Gasteiger partial charge in [0.1, 0.15) is 18.5 Å². The number of aliphatic hydroxyl groups is 1. The molecule has 0 heterocycles. The fourth-order valence-electron chi connectivity index (χ4n) is 1.93. The monoisotopic (exact) mass is 353 g/mol. The molecular weight excluding hydrogens is 326 g/mol. The molecule has 1 aromatic rings. The first-order chi connectivity index (χ1) is 11.6. The lowest BCUT2D eigenvalue weighted by Gasteiger charge is -2.26. The molecule has 0 aliphatic heterocycles. The number of aliphatic hydroxyl groups excluding tert-OH is 1. The third kappa shape index (κ3) is 8.00. The van der Waals surface area contributed by atoms with E-state index in [1.807, 2.05) is 20.8 Å². The number of ether oxygens (including phenoxy) is 3. The van der Waals surface area contributed by atoms with Crippen LogP contribution in [0.15, 0.2) is 24.3 Å². The quantitative estimate of drug-likeness (QED) is 0.687. The van der Waals surface area contributed by atoms with Gasteiger partial charge in [0.15, 0.2) is 6.04 Å². The Hall–Kier alpha value is -2.12. The van der Waals surface area contributed by atoms with Crippen molar-refractivity contribution in [2.75, 3.05) is 13.7 Å². The van der Waals surface area contributed by atoms with Gasteiger partial charge < -0.3 is 24.6 Å². The van der Waals surface area contributed by atoms with Gasteiger partial charge in [0.25, 0.3) is 0 Å². The Morgan fingerprint density at radius 3 is 2.28 bits per heavy atom. The van der Waals surface area contributed by atoms with Gasteiger partial charge in [-0.15, -0.1) is 0 Å². The van der Waals surface area contributed by atoms with Gasteiger partial charge in [-0.1, -0.05) is 12.1 Å². The first kappa shape index (κ1) is 20.9. The largest absolute Gasteiger partial charge is 0.497 e. The number of rotatable bonds is 8. The summed E-state index contributed by atoms with van der Waals surface area (Å²) in [6.07, 6.45) is -1.22. The van der Waals surface area contributed by atoms with Gasteiger partial charge in [0.2, 0.25) is 5.91 Å². The molecule has 0 aromatic heterocycles. The highest BCUT2D eigenvalue weighted by Gasteiger charge is 2.30. The van der Waals surface area contributed by atoms with Crippen LogP contribution in [0.5, 0.6) is 5.75 Å². The maximum absolute atomic E-state index is 12.3. The molecule has 7 nitrogen and oxygen atoms in total. The summed E-state index contributed by atoms with van der Waals surface area (Å²) in [5, 5.41) is 12.6. The Kier molecular flexibility index (Phi) is 7.86. The minimum atomic E-state index is -1.22. The van der Waals surface area contributed by atoms with E-state index in [1.54, 1.807) is 31.4 Å². The second-order valence-corrected chi connectivity index (χ2v) is 6.62. The standard InChI is InChI=1S/C18H27NO6/c1-12(20)19-16(15(21)11-25-18(2,3)4)17(22)24-10-13-6-8-14(23-5)9-7-13/h6-9,15-16,21H,10-11H2,1-5H3,(H,19,20)/t15-,16+/m1/s1. The molecule has 0 radical (unpaired) electrons. The smallest absolute Gasteiger partial charge is 0.331 e. The van der Waals surface area contributed by atoms with Crippen molar-refractivity contribution in [3.05, 3.63) is 29.8 Å². The van der Waals surface area contributed by atoms with Crippen molar-refractivity contribution in [3.63, 3.8) is 0 Å². The van der Waals surface area contributed by atoms with Gasteiger partial charge in [-0.2, -0.15) is 0 Å². The number of carbonyl (C=O) groups is 2. The third-order valence-corrected chi connectivity index (χ3v) is 3.22. The minimum Gasteiger partial charge on any atom is -0.497 e. The summed E-state index contributed by atoms with van der Waals surface area (Å²) in [5.41, 5.74) is 0.283. The first-order valence-corrected chi connectivity index (χ1v) is 8.01. The Balaban J connectivity index is 2.66. The number of benzene rings is 1. The average Bonchev–Trinajstić information content (AvgIpc) is 2.55. The van der Waals surface area contributed by atoms with Crippen LogP contribution < -0.4 is 10.1 Å². The van der Waals surface area contributed by atoms with E-state index in [-0.39, 0.29) is 13.2 Å². The Labute approximate surface area is 148 Å². The SMILES string of the molecule is COc1ccc(COC(=O)[C@@H](NC(C)=O)[C@H](O)COC(C)(C)C)cc1. The lowest BCUT2D eigenvalue weighted by atomic mass is 10.1. The second kappa shape index (κ2) is 9.39. The highest BCUT2D eigenvalue weighted by molar-refractivity contribution is 5.83. The van der Waals surface area contributed by atoms with Crippen LogP contribution >= 0.6 is 0 Å². The van der Waals surface area contributed by atoms with E-state index in [4.69, 9.17) is 14.2 Å². The molecule has 0 aliphatic carbocycles. The molecule has 0 spiro atoms. The van der Waals surface area contributed by atoms with Crippen molar-refractivity contribution in [1.29, 1.82) is 0 Å². The second-order valence-electron chi connectivity index (χ2n) is 6.62. The van der Waals surface area contributed by atoms with Gasteiger partial charge in [0.05, 0.1) is 19.3 Å². The Morgan fingerprint density at radius 1 is 1.20 bits per heavy atom. The summed E-state index contributed by atoms with van der Waals surface area (Å²) in [6, 6.07) is 5.83. The van der Waals surface area contributed by atoms with E-state index in [0.717, 1.165) is 5.56 Å². The van der Waals surface area contributed by atoms with Crippen LogP contribution in [0.25, 0.3) is 0 Å². The van der Waals surface area contributed by atoms with E-state index < -0.39 is 29.6 Å². The summed E-state index contributed by atoms with van der Waals surface area (Å²) < 4.78 is 15.7. The van der Waals surface area contributed by atoms with E-state index in [0.29, 0.717) is 5.75 Å². The normalized spacial score (nSPS) is 13.7. The topological polar surface area (TPSA) is 94.1 Å². The van der Waals surface area contributed by atoms with Gasteiger partial charge in [0, 0.05) is 6.92 Å². The zero-order chi connectivity index (χ0) is 19.0. The van der Waals surface area contributed by atoms with E-state index in [9.17, 15) is 14.7 Å². The van der Waals surface area contributed by atoms with Crippen LogP contribution in [0.3, 0.4) is 0 Å². The fourth-order valence-corrected chi connectivity index (χ4v) is 1.93. The predicted octanol–water partition coefficient (Wildman–Crippen LogP) is 1.42. The number of hydrogen-bond acceptors (Lipinski definition) is 6. The van der Waals surface area contributed by atoms with E-state index in [2.05, 4.69) is 5.32 Å². The van der Waals surface area contributed by atoms with Gasteiger partial charge in [-0.3, -0.25) is 4.79 Å². The maximum atomic E-state index is 12.3. The van der Waals surface area contributed by atoms with Gasteiger partial charge >= 0.3 is 5.97 Å². The lowest BCUT2D eigenvalue weighted by Crippen LogP contribution is -2.51. The highest BCUT2D eigenvalue weighted by Crippen LogP contribution is 2.13. The molecule has 2 N–H and O–H groups in total. The van der Waals surface area contributed by atoms with Crippen molar-refractivity contribution in [2.45, 2.75) is 52.0 Å². The third-order valence-electron chi connectivity index (χ3n) is 3.22. The molecular formula is C18H27NO6. The summed E-state index contributed by atoms with van der Waals surface area (Å²) in [5.74, 6) is -0.474. The molecule has 0 unspecified atom stereocenters. The van der Waals surface area contributed by atoms with Crippen LogP contribution in [0.4, 0.5) is 0 Å². The lowest BCUT2D eigenvalue weighted by molar-refractivity contribution is -0.155. The van der Waals surface area contributed by atoms with Crippen LogP contribution in [0.1, 0.15) is 33.3 Å². The Morgan fingerprint density at radius 2 is 1.80 bits per heavy atom. The average molecular weight is 353 g/mol. The molecule has 1 amide bonds. The number of nitrogens with one attached hydrogen (secondary N) is 1. The zero-order valence-electron chi connectivity index (χ0n) is 15.4. The van der Waals surface area contributed by atoms with Crippen LogP contribution in [0.2, 0.25) is 0 Å². The molecule has 2 atom stereocenters. The van der Waals surface area contributed by atoms with Crippen LogP contribution in [-0.2, 0) is 25.7 Å². The number of amides is 1. The summed E-state index contributed by atoms with van der Waals surface area (Å²) in [7, 11) is 1.56. The Bertz CT molecular complexity index is 564. The van der Waals surface area contributed by atoms with Crippen LogP contribution in [-0.4, -0.2) is 48.4 Å². The van der Waals surface area contributed by atoms with Crippen molar-refractivity contribution in [1.82, 2.24) is 5.32 Å². The molecule has 1 aromatic carbocycles. The molecule has 0 saturated heterocycles. The molecule has 0 aliphatic rings. The molecule has 0 fully saturated rings. The summed E-state index contributed by atoms with van der Waals surface area (Å²) in [4.78, 5) is 23.6. The van der Waals surface area contributed by atoms with Crippen molar-refractivity contribution >= 4 is 11.9 Å². The molecule has 25 heavy (non-hydrogen) atoms. The molecule has 140 valence electrons. The zero-order valence-corrected chi connectivity index (χ0v) is 15.4.